The number of carbonyl (C=O) groups is 2. The third kappa shape index (κ3) is 2.04. The van der Waals surface area contributed by atoms with Gasteiger partial charge in [-0.05, 0) is 18.2 Å². The molecule has 2 aromatic rings. The highest BCUT2D eigenvalue weighted by Gasteiger charge is 2.35. The van der Waals surface area contributed by atoms with E-state index in [0.717, 1.165) is 17.4 Å². The third-order valence-electron chi connectivity index (χ3n) is 4.08. The monoisotopic (exact) mass is 309 g/mol. The second-order valence-corrected chi connectivity index (χ2v) is 5.44. The summed E-state index contributed by atoms with van der Waals surface area (Å²) in [6.45, 7) is 0. The zero-order valence-corrected chi connectivity index (χ0v) is 12.0. The highest BCUT2D eigenvalue weighted by Crippen LogP contribution is 2.46. The average Bonchev–Trinajstić information content (AvgIpc) is 3.05. The van der Waals surface area contributed by atoms with Crippen LogP contribution in [0.5, 0.6) is 0 Å². The summed E-state index contributed by atoms with van der Waals surface area (Å²) in [5.74, 6) is -0.306. The number of carbonyl (C=O) groups excluding carboxylic acids is 2. The van der Waals surface area contributed by atoms with Gasteiger partial charge in [0.15, 0.2) is 0 Å². The molecule has 2 aliphatic heterocycles. The number of amides is 1. The zero-order chi connectivity index (χ0) is 16.0. The highest BCUT2D eigenvalue weighted by atomic mass is 19.1. The second kappa shape index (κ2) is 5.05. The van der Waals surface area contributed by atoms with Crippen molar-refractivity contribution in [3.05, 3.63) is 65.0 Å². The molecule has 0 bridgehead atoms. The fourth-order valence-corrected chi connectivity index (χ4v) is 3.08. The number of ether oxygens (including phenoxy) is 1. The first kappa shape index (κ1) is 13.7. The summed E-state index contributed by atoms with van der Waals surface area (Å²) in [5.41, 5.74) is 3.08. The molecule has 0 spiro atoms. The van der Waals surface area contributed by atoms with Crippen LogP contribution in [0.25, 0.3) is 11.3 Å². The van der Waals surface area contributed by atoms with Crippen LogP contribution in [-0.2, 0) is 14.3 Å². The summed E-state index contributed by atoms with van der Waals surface area (Å²) in [6, 6.07) is 11.6. The van der Waals surface area contributed by atoms with Crippen molar-refractivity contribution in [2.75, 3.05) is 5.32 Å². The van der Waals surface area contributed by atoms with Crippen LogP contribution < -0.4 is 5.32 Å². The fraction of sp³-hybridized carbons (Fsp3) is 0.111. The number of nitrogens with one attached hydrogen (secondary N) is 1. The Balaban J connectivity index is 1.92. The van der Waals surface area contributed by atoms with Gasteiger partial charge in [-0.1, -0.05) is 24.3 Å². The molecule has 114 valence electrons. The maximum Gasteiger partial charge on any atom is 0.260 e. The Morgan fingerprint density at radius 1 is 1.17 bits per heavy atom. The van der Waals surface area contributed by atoms with Crippen LogP contribution in [0.2, 0.25) is 0 Å². The maximum atomic E-state index is 13.4. The van der Waals surface area contributed by atoms with E-state index in [0.29, 0.717) is 22.6 Å². The van der Waals surface area contributed by atoms with Crippen molar-refractivity contribution in [2.24, 2.45) is 0 Å². The van der Waals surface area contributed by atoms with Gasteiger partial charge < -0.3 is 14.8 Å². The van der Waals surface area contributed by atoms with E-state index in [9.17, 15) is 14.0 Å². The van der Waals surface area contributed by atoms with Gasteiger partial charge in [-0.2, -0.15) is 0 Å². The van der Waals surface area contributed by atoms with Crippen molar-refractivity contribution in [1.29, 1.82) is 0 Å². The Bertz CT molecular complexity index is 872. The van der Waals surface area contributed by atoms with Crippen LogP contribution in [0, 0.1) is 5.82 Å². The Morgan fingerprint density at radius 3 is 2.83 bits per heavy atom. The van der Waals surface area contributed by atoms with E-state index in [1.54, 1.807) is 6.07 Å². The number of aldehydes is 1. The molecule has 1 unspecified atom stereocenters. The van der Waals surface area contributed by atoms with E-state index in [1.807, 2.05) is 24.3 Å². The Hall–Kier alpha value is -2.95. The van der Waals surface area contributed by atoms with Gasteiger partial charge in [0.05, 0.1) is 11.3 Å². The standard InChI is InChI=1S/C18H12FNO3/c19-10-5-6-13-14(9-10)20-18(22)16(13)17-12-4-2-1-3-11(12)15(23-17)7-8-21/h1-6,8-9,15H,7H2,(H,20,22)/b17-16+. The van der Waals surface area contributed by atoms with E-state index in [2.05, 4.69) is 5.32 Å². The van der Waals surface area contributed by atoms with Crippen molar-refractivity contribution in [2.45, 2.75) is 12.5 Å². The zero-order valence-electron chi connectivity index (χ0n) is 12.0. The molecule has 2 aromatic carbocycles. The minimum Gasteiger partial charge on any atom is -0.484 e. The summed E-state index contributed by atoms with van der Waals surface area (Å²) in [7, 11) is 0. The minimum atomic E-state index is -0.415. The molecule has 2 aliphatic rings. The van der Waals surface area contributed by atoms with Crippen LogP contribution in [-0.4, -0.2) is 12.2 Å². The second-order valence-electron chi connectivity index (χ2n) is 5.44. The third-order valence-corrected chi connectivity index (χ3v) is 4.08. The van der Waals surface area contributed by atoms with E-state index in [4.69, 9.17) is 4.74 Å². The first-order valence-corrected chi connectivity index (χ1v) is 7.24. The molecule has 0 aliphatic carbocycles. The Morgan fingerprint density at radius 2 is 2.00 bits per heavy atom. The Kier molecular flexibility index (Phi) is 3.01. The van der Waals surface area contributed by atoms with Gasteiger partial charge in [-0.25, -0.2) is 4.39 Å². The van der Waals surface area contributed by atoms with Crippen molar-refractivity contribution < 1.29 is 18.7 Å². The number of hydrogen-bond donors (Lipinski definition) is 1. The first-order valence-electron chi connectivity index (χ1n) is 7.24. The van der Waals surface area contributed by atoms with Crippen LogP contribution in [0.3, 0.4) is 0 Å². The maximum absolute atomic E-state index is 13.4. The number of hydrogen-bond acceptors (Lipinski definition) is 3. The predicted molar refractivity (Wildman–Crippen MR) is 82.8 cm³/mol. The number of rotatable bonds is 2. The van der Waals surface area contributed by atoms with Gasteiger partial charge in [0.25, 0.3) is 5.91 Å². The van der Waals surface area contributed by atoms with Gasteiger partial charge in [0, 0.05) is 23.1 Å². The molecule has 2 heterocycles. The SMILES string of the molecule is O=CCC1O/C(=C2/C(=O)Nc3cc(F)ccc32)c2ccccc21. The lowest BCUT2D eigenvalue weighted by Crippen LogP contribution is -2.06. The molecule has 0 radical (unpaired) electrons. The molecule has 0 saturated carbocycles. The van der Waals surface area contributed by atoms with E-state index in [1.165, 1.54) is 12.1 Å². The summed E-state index contributed by atoms with van der Waals surface area (Å²) >= 11 is 0. The molecule has 1 N–H and O–H groups in total. The van der Waals surface area contributed by atoms with Gasteiger partial charge in [0.2, 0.25) is 0 Å². The quantitative estimate of drug-likeness (QED) is 0.684. The van der Waals surface area contributed by atoms with Gasteiger partial charge in [-0.3, -0.25) is 4.79 Å². The lowest BCUT2D eigenvalue weighted by molar-refractivity contribution is -0.111. The molecule has 0 saturated heterocycles. The molecule has 1 atom stereocenters. The average molecular weight is 309 g/mol. The van der Waals surface area contributed by atoms with Crippen LogP contribution in [0.1, 0.15) is 29.2 Å². The van der Waals surface area contributed by atoms with Gasteiger partial charge in [0.1, 0.15) is 24.0 Å². The van der Waals surface area contributed by atoms with E-state index >= 15 is 0 Å². The largest absolute Gasteiger partial charge is 0.484 e. The molecular formula is C18H12FNO3. The molecule has 5 heteroatoms. The van der Waals surface area contributed by atoms with Crippen LogP contribution >= 0.6 is 0 Å². The summed E-state index contributed by atoms with van der Waals surface area (Å²) in [5, 5.41) is 2.66. The van der Waals surface area contributed by atoms with E-state index < -0.39 is 11.9 Å². The lowest BCUT2D eigenvalue weighted by atomic mass is 9.98. The number of halogens is 1. The fourth-order valence-electron chi connectivity index (χ4n) is 3.08. The molecular weight excluding hydrogens is 297 g/mol. The first-order chi connectivity index (χ1) is 11.2. The van der Waals surface area contributed by atoms with Crippen molar-refractivity contribution >= 4 is 29.2 Å². The predicted octanol–water partition coefficient (Wildman–Crippen LogP) is 3.31. The molecule has 0 aromatic heterocycles. The molecule has 4 nitrogen and oxygen atoms in total. The summed E-state index contributed by atoms with van der Waals surface area (Å²) in [4.78, 5) is 23.2. The molecule has 4 rings (SSSR count). The van der Waals surface area contributed by atoms with Crippen molar-refractivity contribution in [3.8, 4) is 0 Å². The normalized spacial score (nSPS) is 21.4. The smallest absolute Gasteiger partial charge is 0.260 e. The molecule has 23 heavy (non-hydrogen) atoms. The van der Waals surface area contributed by atoms with Gasteiger partial charge >= 0.3 is 0 Å². The molecule has 1 amide bonds. The number of fused-ring (bicyclic) bond motifs is 2. The van der Waals surface area contributed by atoms with Crippen LogP contribution in [0.15, 0.2) is 42.5 Å². The van der Waals surface area contributed by atoms with Gasteiger partial charge in [-0.15, -0.1) is 0 Å². The minimum absolute atomic E-state index is 0.214. The molecule has 0 fully saturated rings. The van der Waals surface area contributed by atoms with Crippen molar-refractivity contribution in [3.63, 3.8) is 0 Å². The lowest BCUT2D eigenvalue weighted by Gasteiger charge is -2.09. The number of benzene rings is 2. The highest BCUT2D eigenvalue weighted by molar-refractivity contribution is 6.36. The number of anilines is 1. The van der Waals surface area contributed by atoms with Crippen LogP contribution in [0.4, 0.5) is 10.1 Å². The topological polar surface area (TPSA) is 55.4 Å². The van der Waals surface area contributed by atoms with Crippen molar-refractivity contribution in [1.82, 2.24) is 0 Å². The summed E-state index contributed by atoms with van der Waals surface area (Å²) < 4.78 is 19.3. The Labute approximate surface area is 131 Å². The van der Waals surface area contributed by atoms with E-state index in [-0.39, 0.29) is 12.3 Å². The summed E-state index contributed by atoms with van der Waals surface area (Å²) in [6.07, 6.45) is 0.613.